The third kappa shape index (κ3) is 2.29. The van der Waals surface area contributed by atoms with Crippen molar-refractivity contribution in [2.45, 2.75) is 37.5 Å². The van der Waals surface area contributed by atoms with Crippen LogP contribution in [0, 0.1) is 0 Å². The van der Waals surface area contributed by atoms with Crippen molar-refractivity contribution in [3.63, 3.8) is 0 Å². The average molecular weight is 227 g/mol. The van der Waals surface area contributed by atoms with Crippen LogP contribution in [0.1, 0.15) is 20.8 Å². The summed E-state index contributed by atoms with van der Waals surface area (Å²) in [6.45, 7) is 5.04. The molecule has 1 aliphatic rings. The summed E-state index contributed by atoms with van der Waals surface area (Å²) in [4.78, 5) is 0. The molecule has 14 heavy (non-hydrogen) atoms. The van der Waals surface area contributed by atoms with E-state index in [1.165, 1.54) is 0 Å². The van der Waals surface area contributed by atoms with Gasteiger partial charge in [0, 0.05) is 0 Å². The van der Waals surface area contributed by atoms with Crippen LogP contribution in [-0.2, 0) is 15.7 Å². The van der Waals surface area contributed by atoms with E-state index in [0.717, 1.165) is 0 Å². The number of rotatable bonds is 3. The Morgan fingerprint density at radius 1 is 1.43 bits per heavy atom. The predicted octanol–water partition coefficient (Wildman–Crippen LogP) is 1.07. The molecule has 1 fully saturated rings. The van der Waals surface area contributed by atoms with Gasteiger partial charge in [-0.2, -0.15) is 0 Å². The van der Waals surface area contributed by atoms with Gasteiger partial charge in [0.1, 0.15) is 5.54 Å². The van der Waals surface area contributed by atoms with Crippen LogP contribution < -0.4 is 4.72 Å². The second-order valence-corrected chi connectivity index (χ2v) is 6.40. The lowest BCUT2D eigenvalue weighted by atomic mass is 10.0. The van der Waals surface area contributed by atoms with Gasteiger partial charge in [0.25, 0.3) is 6.43 Å². The molecule has 1 heterocycles. The third-order valence-electron chi connectivity index (χ3n) is 1.99. The Kier molecular flexibility index (Phi) is 3.28. The first-order chi connectivity index (χ1) is 6.28. The number of hydrogen-bond acceptors (Lipinski definition) is 2. The molecule has 0 bridgehead atoms. The predicted molar refractivity (Wildman–Crippen MR) is 50.6 cm³/mol. The molecule has 0 saturated carbocycles. The molecular formula is C8H15F2NO2S. The standard InChI is InChI=1S/C8H15F2NO2S/c1-7(2,3)14(12)11-8(6(9)10)4-13-5-8/h6,11H,4-5H2,1-3H3. The molecule has 0 aromatic heterocycles. The van der Waals surface area contributed by atoms with E-state index in [-0.39, 0.29) is 13.2 Å². The lowest BCUT2D eigenvalue weighted by molar-refractivity contribution is -0.133. The maximum atomic E-state index is 12.6. The van der Waals surface area contributed by atoms with Crippen LogP contribution in [0.3, 0.4) is 0 Å². The van der Waals surface area contributed by atoms with Gasteiger partial charge < -0.3 is 4.74 Å². The minimum absolute atomic E-state index is 0.0769. The van der Waals surface area contributed by atoms with Crippen molar-refractivity contribution < 1.29 is 17.7 Å². The van der Waals surface area contributed by atoms with Gasteiger partial charge in [-0.25, -0.2) is 17.7 Å². The van der Waals surface area contributed by atoms with E-state index < -0.39 is 27.7 Å². The Bertz CT molecular complexity index is 236. The van der Waals surface area contributed by atoms with E-state index in [1.807, 2.05) is 0 Å². The van der Waals surface area contributed by atoms with Crippen molar-refractivity contribution in [2.75, 3.05) is 13.2 Å². The summed E-state index contributed by atoms with van der Waals surface area (Å²) in [5, 5.41) is 0. The summed E-state index contributed by atoms with van der Waals surface area (Å²) in [7, 11) is -1.49. The van der Waals surface area contributed by atoms with Gasteiger partial charge in [-0.1, -0.05) is 0 Å². The summed E-state index contributed by atoms with van der Waals surface area (Å²) in [6, 6.07) is 0. The number of nitrogens with one attached hydrogen (secondary N) is 1. The Labute approximate surface area is 84.8 Å². The van der Waals surface area contributed by atoms with Crippen LogP contribution >= 0.6 is 0 Å². The average Bonchev–Trinajstić information content (AvgIpc) is 1.93. The summed E-state index contributed by atoms with van der Waals surface area (Å²) in [6.07, 6.45) is -2.55. The molecule has 0 aromatic rings. The molecule has 6 heteroatoms. The molecule has 84 valence electrons. The van der Waals surface area contributed by atoms with Gasteiger partial charge in [-0.15, -0.1) is 0 Å². The maximum absolute atomic E-state index is 12.6. The number of hydrogen-bond donors (Lipinski definition) is 1. The molecule has 0 aromatic carbocycles. The van der Waals surface area contributed by atoms with E-state index in [2.05, 4.69) is 4.72 Å². The van der Waals surface area contributed by atoms with Gasteiger partial charge in [-0.05, 0) is 20.8 Å². The van der Waals surface area contributed by atoms with Crippen molar-refractivity contribution in [1.29, 1.82) is 0 Å². The van der Waals surface area contributed by atoms with Crippen molar-refractivity contribution >= 4 is 11.0 Å². The van der Waals surface area contributed by atoms with Gasteiger partial charge in [0.15, 0.2) is 0 Å². The van der Waals surface area contributed by atoms with Gasteiger partial charge in [0.05, 0.1) is 28.9 Å². The smallest absolute Gasteiger partial charge is 0.261 e. The fourth-order valence-corrected chi connectivity index (χ4v) is 1.77. The maximum Gasteiger partial charge on any atom is 0.261 e. The fourth-order valence-electron chi connectivity index (χ4n) is 0.889. The number of halogens is 2. The highest BCUT2D eigenvalue weighted by molar-refractivity contribution is 7.84. The van der Waals surface area contributed by atoms with E-state index in [4.69, 9.17) is 4.74 Å². The van der Waals surface area contributed by atoms with Gasteiger partial charge >= 0.3 is 0 Å². The number of alkyl halides is 2. The molecule has 0 amide bonds. The summed E-state index contributed by atoms with van der Waals surface area (Å²) >= 11 is 0. The largest absolute Gasteiger partial charge is 0.377 e. The van der Waals surface area contributed by atoms with Crippen LogP contribution in [0.25, 0.3) is 0 Å². The molecule has 0 aliphatic carbocycles. The summed E-state index contributed by atoms with van der Waals surface area (Å²) < 4.78 is 43.5. The molecule has 1 rings (SSSR count). The molecule has 1 unspecified atom stereocenters. The molecule has 1 N–H and O–H groups in total. The van der Waals surface area contributed by atoms with Crippen LogP contribution in [0.2, 0.25) is 0 Å². The second-order valence-electron chi connectivity index (χ2n) is 4.43. The Morgan fingerprint density at radius 3 is 2.14 bits per heavy atom. The summed E-state index contributed by atoms with van der Waals surface area (Å²) in [5.74, 6) is 0. The van der Waals surface area contributed by atoms with E-state index >= 15 is 0 Å². The zero-order valence-electron chi connectivity index (χ0n) is 8.47. The molecule has 1 aliphatic heterocycles. The van der Waals surface area contributed by atoms with Crippen LogP contribution in [0.4, 0.5) is 8.78 Å². The van der Waals surface area contributed by atoms with Crippen LogP contribution in [-0.4, -0.2) is 34.1 Å². The number of ether oxygens (including phenoxy) is 1. The first kappa shape index (κ1) is 12.0. The highest BCUT2D eigenvalue weighted by Gasteiger charge is 2.49. The Balaban J connectivity index is 2.62. The molecule has 0 spiro atoms. The first-order valence-electron chi connectivity index (χ1n) is 4.33. The monoisotopic (exact) mass is 227 g/mol. The molecule has 0 radical (unpaired) electrons. The van der Waals surface area contributed by atoms with Crippen LogP contribution in [0.5, 0.6) is 0 Å². The minimum atomic E-state index is -2.55. The van der Waals surface area contributed by atoms with Crippen molar-refractivity contribution in [2.24, 2.45) is 0 Å². The van der Waals surface area contributed by atoms with Crippen molar-refractivity contribution in [3.8, 4) is 0 Å². The van der Waals surface area contributed by atoms with Crippen LogP contribution in [0.15, 0.2) is 0 Å². The van der Waals surface area contributed by atoms with Gasteiger partial charge in [0.2, 0.25) is 0 Å². The molecular weight excluding hydrogens is 212 g/mol. The van der Waals surface area contributed by atoms with Gasteiger partial charge in [-0.3, -0.25) is 0 Å². The quantitative estimate of drug-likeness (QED) is 0.783. The lowest BCUT2D eigenvalue weighted by Crippen LogP contribution is -2.66. The normalized spacial score (nSPS) is 23.3. The molecule has 3 nitrogen and oxygen atoms in total. The van der Waals surface area contributed by atoms with E-state index in [0.29, 0.717) is 0 Å². The lowest BCUT2D eigenvalue weighted by Gasteiger charge is -2.41. The summed E-state index contributed by atoms with van der Waals surface area (Å²) in [5.41, 5.74) is -1.40. The molecule has 1 saturated heterocycles. The fraction of sp³-hybridized carbons (Fsp3) is 1.00. The Morgan fingerprint density at radius 2 is 1.93 bits per heavy atom. The zero-order chi connectivity index (χ0) is 11.0. The minimum Gasteiger partial charge on any atom is -0.377 e. The van der Waals surface area contributed by atoms with Crippen molar-refractivity contribution in [1.82, 2.24) is 4.72 Å². The van der Waals surface area contributed by atoms with E-state index in [1.54, 1.807) is 20.8 Å². The highest BCUT2D eigenvalue weighted by atomic mass is 32.2. The SMILES string of the molecule is CC(C)(C)S(=O)NC1(C(F)F)COC1. The zero-order valence-corrected chi connectivity index (χ0v) is 9.29. The second kappa shape index (κ2) is 3.83. The molecule has 1 atom stereocenters. The third-order valence-corrected chi connectivity index (χ3v) is 3.69. The van der Waals surface area contributed by atoms with Crippen molar-refractivity contribution in [3.05, 3.63) is 0 Å². The van der Waals surface area contributed by atoms with E-state index in [9.17, 15) is 13.0 Å². The highest BCUT2D eigenvalue weighted by Crippen LogP contribution is 2.26. The first-order valence-corrected chi connectivity index (χ1v) is 5.48. The topological polar surface area (TPSA) is 38.3 Å². The Hall–Kier alpha value is -0.0700.